The van der Waals surface area contributed by atoms with Crippen LogP contribution in [0.5, 0.6) is 5.75 Å². The molecule has 0 unspecified atom stereocenters. The molecule has 0 spiro atoms. The number of alkyl halides is 1. The van der Waals surface area contributed by atoms with E-state index in [4.69, 9.17) is 11.6 Å². The largest absolute Gasteiger partial charge is 0.507 e. The van der Waals surface area contributed by atoms with Gasteiger partial charge in [-0.1, -0.05) is 12.1 Å². The van der Waals surface area contributed by atoms with E-state index in [1.807, 2.05) is 31.3 Å². The highest BCUT2D eigenvalue weighted by atomic mass is 35.5. The number of hydrogen-bond acceptors (Lipinski definition) is 3. The Labute approximate surface area is 117 Å². The molecule has 94 valence electrons. The maximum atomic E-state index is 10.1. The molecule has 2 nitrogen and oxygen atoms in total. The molecule has 0 aliphatic carbocycles. The second-order valence-corrected chi connectivity index (χ2v) is 5.55. The zero-order valence-corrected chi connectivity index (χ0v) is 11.7. The van der Waals surface area contributed by atoms with E-state index in [2.05, 4.69) is 17.5 Å². The van der Waals surface area contributed by atoms with Crippen LogP contribution in [0.15, 0.2) is 29.2 Å². The van der Waals surface area contributed by atoms with Gasteiger partial charge in [0.05, 0.1) is 0 Å². The second kappa shape index (κ2) is 4.25. The summed E-state index contributed by atoms with van der Waals surface area (Å²) in [5.74, 6) is 1.18. The van der Waals surface area contributed by atoms with Crippen LogP contribution in [-0.4, -0.2) is 24.6 Å². The van der Waals surface area contributed by atoms with E-state index >= 15 is 0 Å². The maximum Gasteiger partial charge on any atom is 0.125 e. The Bertz CT molecular complexity index is 629. The molecule has 18 heavy (non-hydrogen) atoms. The first kappa shape index (κ1) is 12.0. The Morgan fingerprint density at radius 1 is 1.50 bits per heavy atom. The predicted molar refractivity (Wildman–Crippen MR) is 79.6 cm³/mol. The Kier molecular flexibility index (Phi) is 2.83. The van der Waals surface area contributed by atoms with Crippen LogP contribution in [0.3, 0.4) is 0 Å². The Balaban J connectivity index is 2.44. The fourth-order valence-corrected chi connectivity index (χ4v) is 3.40. The molecule has 1 atom stereocenters. The van der Waals surface area contributed by atoms with Crippen LogP contribution in [0.1, 0.15) is 11.5 Å². The van der Waals surface area contributed by atoms with Gasteiger partial charge in [0, 0.05) is 52.8 Å². The van der Waals surface area contributed by atoms with Crippen molar-refractivity contribution < 1.29 is 5.11 Å². The maximum absolute atomic E-state index is 10.1. The molecule has 0 bridgehead atoms. The van der Waals surface area contributed by atoms with Gasteiger partial charge in [0.1, 0.15) is 5.75 Å². The van der Waals surface area contributed by atoms with E-state index in [9.17, 15) is 5.11 Å². The number of benzene rings is 2. The normalized spacial score (nSPS) is 18.4. The number of nitrogens with zero attached hydrogens (tertiary/aromatic N) is 1. The molecular weight excluding hydrogens is 266 g/mol. The highest BCUT2D eigenvalue weighted by molar-refractivity contribution is 7.80. The van der Waals surface area contributed by atoms with Crippen molar-refractivity contribution in [2.24, 2.45) is 0 Å². The van der Waals surface area contributed by atoms with E-state index < -0.39 is 0 Å². The Morgan fingerprint density at radius 2 is 2.28 bits per heavy atom. The molecule has 0 saturated heterocycles. The third-order valence-corrected chi connectivity index (χ3v) is 4.38. The number of halogens is 1. The van der Waals surface area contributed by atoms with Gasteiger partial charge >= 0.3 is 0 Å². The molecular formula is C14H14ClNOS. The lowest BCUT2D eigenvalue weighted by molar-refractivity contribution is 0.481. The number of phenols is 1. The molecule has 0 amide bonds. The fourth-order valence-electron chi connectivity index (χ4n) is 2.82. The summed E-state index contributed by atoms with van der Waals surface area (Å²) in [7, 11) is 2.03. The van der Waals surface area contributed by atoms with Gasteiger partial charge in [-0.2, -0.15) is 0 Å². The molecule has 1 heterocycles. The first-order valence-corrected chi connectivity index (χ1v) is 6.86. The highest BCUT2D eigenvalue weighted by Gasteiger charge is 2.29. The van der Waals surface area contributed by atoms with Crippen molar-refractivity contribution >= 4 is 40.7 Å². The predicted octanol–water partition coefficient (Wildman–Crippen LogP) is 3.61. The molecule has 4 heteroatoms. The molecule has 1 N–H and O–H groups in total. The van der Waals surface area contributed by atoms with Gasteiger partial charge in [-0.15, -0.1) is 24.2 Å². The third kappa shape index (κ3) is 1.57. The van der Waals surface area contributed by atoms with Gasteiger partial charge in [-0.25, -0.2) is 0 Å². The minimum Gasteiger partial charge on any atom is -0.507 e. The molecule has 3 rings (SSSR count). The standard InChI is InChI=1S/C14H14ClNOS/c1-16-7-8(6-15)13-10(16)5-11(17)9-3-2-4-12(18)14(9)13/h2-5,8,17-18H,6-7H2,1H3/t8-/m1/s1. The average molecular weight is 280 g/mol. The number of likely N-dealkylation sites (N-methyl/N-ethyl adjacent to an activating group) is 1. The minimum atomic E-state index is 0.295. The first-order valence-electron chi connectivity index (χ1n) is 5.88. The van der Waals surface area contributed by atoms with Crippen molar-refractivity contribution in [3.8, 4) is 5.75 Å². The number of fused-ring (bicyclic) bond motifs is 3. The third-order valence-electron chi connectivity index (χ3n) is 3.64. The van der Waals surface area contributed by atoms with E-state index in [1.54, 1.807) is 0 Å². The van der Waals surface area contributed by atoms with E-state index in [0.29, 0.717) is 17.5 Å². The highest BCUT2D eigenvalue weighted by Crippen LogP contribution is 2.46. The molecule has 2 aromatic rings. The smallest absolute Gasteiger partial charge is 0.125 e. The van der Waals surface area contributed by atoms with Crippen molar-refractivity contribution in [2.75, 3.05) is 24.4 Å². The van der Waals surface area contributed by atoms with Crippen molar-refractivity contribution in [3.63, 3.8) is 0 Å². The lowest BCUT2D eigenvalue weighted by atomic mass is 9.95. The summed E-state index contributed by atoms with van der Waals surface area (Å²) >= 11 is 10.6. The van der Waals surface area contributed by atoms with E-state index in [0.717, 1.165) is 27.9 Å². The van der Waals surface area contributed by atoms with Gasteiger partial charge in [-0.3, -0.25) is 0 Å². The summed E-state index contributed by atoms with van der Waals surface area (Å²) in [6.45, 7) is 0.888. The summed E-state index contributed by atoms with van der Waals surface area (Å²) < 4.78 is 0. The summed E-state index contributed by atoms with van der Waals surface area (Å²) in [5, 5.41) is 12.0. The lowest BCUT2D eigenvalue weighted by Gasteiger charge is -2.14. The number of anilines is 1. The molecule has 0 fully saturated rings. The molecule has 0 radical (unpaired) electrons. The zero-order valence-electron chi connectivity index (χ0n) is 10.0. The van der Waals surface area contributed by atoms with E-state index in [-0.39, 0.29) is 0 Å². The number of thiol groups is 1. The van der Waals surface area contributed by atoms with E-state index in [1.165, 1.54) is 5.56 Å². The zero-order chi connectivity index (χ0) is 12.9. The van der Waals surface area contributed by atoms with Gasteiger partial charge in [0.25, 0.3) is 0 Å². The van der Waals surface area contributed by atoms with Crippen LogP contribution in [0.4, 0.5) is 5.69 Å². The SMILES string of the molecule is CN1C[C@@H](CCl)c2c1cc(O)c1cccc(S)c21. The molecule has 2 aromatic carbocycles. The number of rotatable bonds is 1. The van der Waals surface area contributed by atoms with Crippen LogP contribution >= 0.6 is 24.2 Å². The Morgan fingerprint density at radius 3 is 3.00 bits per heavy atom. The molecule has 0 saturated carbocycles. The van der Waals surface area contributed by atoms with Gasteiger partial charge in [0.15, 0.2) is 0 Å². The molecule has 1 aliphatic heterocycles. The van der Waals surface area contributed by atoms with Crippen LogP contribution < -0.4 is 4.90 Å². The van der Waals surface area contributed by atoms with Crippen molar-refractivity contribution in [2.45, 2.75) is 10.8 Å². The summed E-state index contributed by atoms with van der Waals surface area (Å²) in [4.78, 5) is 3.03. The Hall–Kier alpha value is -1.06. The molecule has 0 aromatic heterocycles. The van der Waals surface area contributed by atoms with Crippen molar-refractivity contribution in [1.29, 1.82) is 0 Å². The number of phenolic OH excluding ortho intramolecular Hbond substituents is 1. The number of aromatic hydroxyl groups is 1. The summed E-state index contributed by atoms with van der Waals surface area (Å²) in [5.41, 5.74) is 2.28. The second-order valence-electron chi connectivity index (χ2n) is 4.76. The number of hydrogen-bond donors (Lipinski definition) is 2. The fraction of sp³-hybridized carbons (Fsp3) is 0.286. The molecule has 1 aliphatic rings. The topological polar surface area (TPSA) is 23.5 Å². The summed E-state index contributed by atoms with van der Waals surface area (Å²) in [6, 6.07) is 7.62. The van der Waals surface area contributed by atoms with Crippen LogP contribution in [0.2, 0.25) is 0 Å². The van der Waals surface area contributed by atoms with Gasteiger partial charge in [0.2, 0.25) is 0 Å². The minimum absolute atomic E-state index is 0.295. The average Bonchev–Trinajstić information content (AvgIpc) is 2.67. The van der Waals surface area contributed by atoms with Crippen molar-refractivity contribution in [3.05, 3.63) is 29.8 Å². The monoisotopic (exact) mass is 279 g/mol. The quantitative estimate of drug-likeness (QED) is 0.615. The summed E-state index contributed by atoms with van der Waals surface area (Å²) in [6.07, 6.45) is 0. The lowest BCUT2D eigenvalue weighted by Crippen LogP contribution is -2.15. The van der Waals surface area contributed by atoms with Gasteiger partial charge < -0.3 is 10.0 Å². The first-order chi connectivity index (χ1) is 8.63. The van der Waals surface area contributed by atoms with Crippen LogP contribution in [0, 0.1) is 0 Å². The van der Waals surface area contributed by atoms with Gasteiger partial charge in [-0.05, 0) is 11.6 Å². The van der Waals surface area contributed by atoms with Crippen LogP contribution in [0.25, 0.3) is 10.8 Å². The van der Waals surface area contributed by atoms with Crippen molar-refractivity contribution in [1.82, 2.24) is 0 Å². The van der Waals surface area contributed by atoms with Crippen LogP contribution in [-0.2, 0) is 0 Å².